The van der Waals surface area contributed by atoms with Crippen molar-refractivity contribution in [1.82, 2.24) is 9.55 Å². The van der Waals surface area contributed by atoms with Gasteiger partial charge in [-0.05, 0) is 37.8 Å². The van der Waals surface area contributed by atoms with Crippen LogP contribution in [-0.4, -0.2) is 9.55 Å². The van der Waals surface area contributed by atoms with Crippen molar-refractivity contribution in [3.8, 4) is 11.4 Å². The van der Waals surface area contributed by atoms with Crippen LogP contribution >= 0.6 is 0 Å². The molecule has 128 valence electrons. The third kappa shape index (κ3) is 2.88. The van der Waals surface area contributed by atoms with Gasteiger partial charge in [0.1, 0.15) is 5.82 Å². The van der Waals surface area contributed by atoms with Crippen molar-refractivity contribution in [3.63, 3.8) is 0 Å². The highest BCUT2D eigenvalue weighted by Crippen LogP contribution is 2.35. The van der Waals surface area contributed by atoms with Gasteiger partial charge in [-0.25, -0.2) is 4.98 Å². The summed E-state index contributed by atoms with van der Waals surface area (Å²) >= 11 is 0. The number of nitrogens with zero attached hydrogens (tertiary/aromatic N) is 2. The predicted molar refractivity (Wildman–Crippen MR) is 103 cm³/mol. The fourth-order valence-electron chi connectivity index (χ4n) is 4.04. The molecule has 0 bridgehead atoms. The van der Waals surface area contributed by atoms with E-state index in [0.29, 0.717) is 5.92 Å². The van der Waals surface area contributed by atoms with Crippen LogP contribution in [0.25, 0.3) is 22.3 Å². The Bertz CT molecular complexity index is 956. The molecule has 25 heavy (non-hydrogen) atoms. The van der Waals surface area contributed by atoms with Crippen molar-refractivity contribution < 1.29 is 0 Å². The molecule has 1 aromatic heterocycles. The van der Waals surface area contributed by atoms with Gasteiger partial charge in [0.05, 0.1) is 10.9 Å². The molecule has 4 rings (SSSR count). The van der Waals surface area contributed by atoms with E-state index < -0.39 is 0 Å². The lowest BCUT2D eigenvalue weighted by molar-refractivity contribution is 0.254. The lowest BCUT2D eigenvalue weighted by atomic mass is 9.85. The molecule has 0 unspecified atom stereocenters. The Hall–Kier alpha value is -2.42. The van der Waals surface area contributed by atoms with Gasteiger partial charge in [0, 0.05) is 11.6 Å². The van der Waals surface area contributed by atoms with Crippen molar-refractivity contribution in [2.45, 2.75) is 45.6 Å². The highest BCUT2D eigenvalue weighted by atomic mass is 16.1. The van der Waals surface area contributed by atoms with Gasteiger partial charge in [0.25, 0.3) is 5.56 Å². The van der Waals surface area contributed by atoms with E-state index in [2.05, 4.69) is 38.1 Å². The normalized spacial score (nSPS) is 20.7. The number of benzene rings is 2. The van der Waals surface area contributed by atoms with E-state index in [-0.39, 0.29) is 11.6 Å². The zero-order valence-electron chi connectivity index (χ0n) is 14.9. The summed E-state index contributed by atoms with van der Waals surface area (Å²) in [5.41, 5.74) is 3.11. The van der Waals surface area contributed by atoms with E-state index in [1.54, 1.807) is 0 Å². The maximum Gasteiger partial charge on any atom is 0.261 e. The average Bonchev–Trinajstić information content (AvgIpc) is 2.63. The molecule has 1 aliphatic rings. The Morgan fingerprint density at radius 1 is 1.00 bits per heavy atom. The van der Waals surface area contributed by atoms with Crippen LogP contribution in [0.4, 0.5) is 0 Å². The van der Waals surface area contributed by atoms with E-state index in [4.69, 9.17) is 4.98 Å². The second-order valence-electron chi connectivity index (χ2n) is 7.32. The Labute approximate surface area is 148 Å². The van der Waals surface area contributed by atoms with Gasteiger partial charge in [-0.15, -0.1) is 0 Å². The van der Waals surface area contributed by atoms with Gasteiger partial charge in [-0.2, -0.15) is 0 Å². The molecular weight excluding hydrogens is 308 g/mol. The number of hydrogen-bond acceptors (Lipinski definition) is 2. The number of hydrogen-bond donors (Lipinski definition) is 0. The fourth-order valence-corrected chi connectivity index (χ4v) is 4.04. The summed E-state index contributed by atoms with van der Waals surface area (Å²) in [6.07, 6.45) is 4.67. The number of rotatable bonds is 2. The largest absolute Gasteiger partial charge is 0.289 e. The maximum atomic E-state index is 13.4. The summed E-state index contributed by atoms with van der Waals surface area (Å²) < 4.78 is 1.98. The zero-order chi connectivity index (χ0) is 17.4. The van der Waals surface area contributed by atoms with Crippen molar-refractivity contribution in [2.75, 3.05) is 0 Å². The van der Waals surface area contributed by atoms with Gasteiger partial charge >= 0.3 is 0 Å². The van der Waals surface area contributed by atoms with E-state index in [9.17, 15) is 4.79 Å². The molecule has 2 atom stereocenters. The highest BCUT2D eigenvalue weighted by Gasteiger charge is 2.27. The van der Waals surface area contributed by atoms with Gasteiger partial charge in [-0.3, -0.25) is 9.36 Å². The fraction of sp³-hybridized carbons (Fsp3) is 0.364. The summed E-state index contributed by atoms with van der Waals surface area (Å²) in [4.78, 5) is 18.3. The SMILES string of the molecule is Cc1ccc(-c2nc3ccccc3c(=O)n2[C@H]2CCCC[C@H]2C)cc1. The van der Waals surface area contributed by atoms with Crippen molar-refractivity contribution >= 4 is 10.9 Å². The van der Waals surface area contributed by atoms with E-state index >= 15 is 0 Å². The van der Waals surface area contributed by atoms with E-state index in [1.807, 2.05) is 28.8 Å². The minimum Gasteiger partial charge on any atom is -0.289 e. The molecular formula is C22H24N2O. The van der Waals surface area contributed by atoms with E-state index in [0.717, 1.165) is 28.7 Å². The molecule has 3 aromatic rings. The second-order valence-corrected chi connectivity index (χ2v) is 7.32. The molecule has 0 saturated heterocycles. The van der Waals surface area contributed by atoms with Crippen molar-refractivity contribution in [3.05, 3.63) is 64.4 Å². The first kappa shape index (κ1) is 16.1. The van der Waals surface area contributed by atoms with E-state index in [1.165, 1.54) is 24.8 Å². The third-order valence-electron chi connectivity index (χ3n) is 5.52. The molecule has 0 spiro atoms. The van der Waals surface area contributed by atoms with Crippen LogP contribution in [0.3, 0.4) is 0 Å². The first-order chi connectivity index (χ1) is 12.1. The van der Waals surface area contributed by atoms with Crippen LogP contribution in [0, 0.1) is 12.8 Å². The quantitative estimate of drug-likeness (QED) is 0.652. The minimum atomic E-state index is 0.0972. The molecule has 1 saturated carbocycles. The van der Waals surface area contributed by atoms with Crippen LogP contribution in [0.5, 0.6) is 0 Å². The molecule has 1 heterocycles. The Kier molecular flexibility index (Phi) is 4.16. The van der Waals surface area contributed by atoms with Gasteiger partial charge in [0.2, 0.25) is 0 Å². The first-order valence-electron chi connectivity index (χ1n) is 9.23. The molecule has 2 aromatic carbocycles. The minimum absolute atomic E-state index is 0.0972. The first-order valence-corrected chi connectivity index (χ1v) is 9.23. The Balaban J connectivity index is 2.00. The monoisotopic (exact) mass is 332 g/mol. The van der Waals surface area contributed by atoms with Gasteiger partial charge in [-0.1, -0.05) is 61.7 Å². The summed E-state index contributed by atoms with van der Waals surface area (Å²) in [5.74, 6) is 1.31. The number of aromatic nitrogens is 2. The smallest absolute Gasteiger partial charge is 0.261 e. The van der Waals surface area contributed by atoms with Crippen LogP contribution < -0.4 is 5.56 Å². The highest BCUT2D eigenvalue weighted by molar-refractivity contribution is 5.79. The molecule has 0 radical (unpaired) electrons. The summed E-state index contributed by atoms with van der Waals surface area (Å²) in [6.45, 7) is 4.35. The molecule has 1 aliphatic carbocycles. The molecule has 0 amide bonds. The summed E-state index contributed by atoms with van der Waals surface area (Å²) in [7, 11) is 0. The third-order valence-corrected chi connectivity index (χ3v) is 5.52. The maximum absolute atomic E-state index is 13.4. The van der Waals surface area contributed by atoms with Crippen LogP contribution in [0.2, 0.25) is 0 Å². The van der Waals surface area contributed by atoms with Crippen LogP contribution in [0.1, 0.15) is 44.2 Å². The summed E-state index contributed by atoms with van der Waals surface area (Å²) in [6, 6.07) is 16.3. The molecule has 3 nitrogen and oxygen atoms in total. The molecule has 1 fully saturated rings. The van der Waals surface area contributed by atoms with Crippen LogP contribution in [-0.2, 0) is 0 Å². The lowest BCUT2D eigenvalue weighted by Gasteiger charge is -2.32. The predicted octanol–water partition coefficient (Wildman–Crippen LogP) is 5.12. The number of para-hydroxylation sites is 1. The van der Waals surface area contributed by atoms with Crippen molar-refractivity contribution in [2.24, 2.45) is 5.92 Å². The Morgan fingerprint density at radius 3 is 2.48 bits per heavy atom. The summed E-state index contributed by atoms with van der Waals surface area (Å²) in [5, 5.41) is 0.719. The molecule has 0 N–H and O–H groups in total. The molecule has 3 heteroatoms. The van der Waals surface area contributed by atoms with Gasteiger partial charge < -0.3 is 0 Å². The Morgan fingerprint density at radius 2 is 1.72 bits per heavy atom. The number of aryl methyl sites for hydroxylation is 1. The number of fused-ring (bicyclic) bond motifs is 1. The van der Waals surface area contributed by atoms with Gasteiger partial charge in [0.15, 0.2) is 0 Å². The molecule has 0 aliphatic heterocycles. The topological polar surface area (TPSA) is 34.9 Å². The second kappa shape index (κ2) is 6.47. The van der Waals surface area contributed by atoms with Crippen LogP contribution in [0.15, 0.2) is 53.3 Å². The average molecular weight is 332 g/mol. The van der Waals surface area contributed by atoms with Crippen molar-refractivity contribution in [1.29, 1.82) is 0 Å². The standard InChI is InChI=1S/C22H24N2O/c1-15-11-13-17(14-12-15)21-23-19-9-5-4-8-18(19)22(25)24(21)20-10-6-3-7-16(20)2/h4-5,8-9,11-14,16,20H,3,6-7,10H2,1-2H3/t16-,20+/m1/s1. The lowest BCUT2D eigenvalue weighted by Crippen LogP contribution is -2.32. The zero-order valence-corrected chi connectivity index (χ0v) is 14.9.